The molecule has 5 nitrogen and oxygen atoms in total. The maximum absolute atomic E-state index is 9.01. The van der Waals surface area contributed by atoms with Crippen LogP contribution >= 0.6 is 0 Å². The molecular weight excluding hydrogens is 192 g/mol. The average Bonchev–Trinajstić information content (AvgIpc) is 2.88. The van der Waals surface area contributed by atoms with E-state index in [-0.39, 0.29) is 0 Å². The second kappa shape index (κ2) is 5.23. The van der Waals surface area contributed by atoms with Crippen molar-refractivity contribution in [2.45, 2.75) is 19.4 Å². The van der Waals surface area contributed by atoms with Crippen molar-refractivity contribution in [3.8, 4) is 0 Å². The summed E-state index contributed by atoms with van der Waals surface area (Å²) < 4.78 is 1.86. The van der Waals surface area contributed by atoms with Crippen LogP contribution in [0.3, 0.4) is 0 Å². The molecule has 1 atom stereocenters. The Hall–Kier alpha value is -0.940. The van der Waals surface area contributed by atoms with Crippen molar-refractivity contribution < 1.29 is 5.11 Å². The highest BCUT2D eigenvalue weighted by Crippen LogP contribution is 2.15. The standard InChI is InChI=1S/C10H18N4O/c15-9-10-2-6-13(8-10)4-1-5-14-7-3-11-12-14/h3,7,10,15H,1-2,4-6,8-9H2. The van der Waals surface area contributed by atoms with E-state index in [1.165, 1.54) is 0 Å². The minimum atomic E-state index is 0.333. The zero-order valence-corrected chi connectivity index (χ0v) is 8.92. The van der Waals surface area contributed by atoms with E-state index in [0.29, 0.717) is 12.5 Å². The maximum Gasteiger partial charge on any atom is 0.0692 e. The Morgan fingerprint density at radius 3 is 3.00 bits per heavy atom. The molecule has 15 heavy (non-hydrogen) atoms. The zero-order valence-electron chi connectivity index (χ0n) is 8.92. The topological polar surface area (TPSA) is 54.2 Å². The SMILES string of the molecule is OCC1CCN(CCCn2ccnn2)C1. The molecule has 1 aliphatic heterocycles. The van der Waals surface area contributed by atoms with E-state index in [9.17, 15) is 0 Å². The van der Waals surface area contributed by atoms with Crippen LogP contribution in [0.25, 0.3) is 0 Å². The van der Waals surface area contributed by atoms with Crippen LogP contribution in [0.5, 0.6) is 0 Å². The van der Waals surface area contributed by atoms with Crippen molar-refractivity contribution in [1.29, 1.82) is 0 Å². The molecule has 1 aromatic heterocycles. The summed E-state index contributed by atoms with van der Waals surface area (Å²) in [7, 11) is 0. The molecule has 0 bridgehead atoms. The molecule has 0 radical (unpaired) electrons. The van der Waals surface area contributed by atoms with Gasteiger partial charge >= 0.3 is 0 Å². The molecule has 0 saturated carbocycles. The van der Waals surface area contributed by atoms with E-state index in [1.54, 1.807) is 6.20 Å². The predicted octanol–water partition coefficient (Wildman–Crippen LogP) is -0.0176. The van der Waals surface area contributed by atoms with Gasteiger partial charge in [0.05, 0.1) is 6.20 Å². The normalized spacial score (nSPS) is 22.3. The van der Waals surface area contributed by atoms with Crippen molar-refractivity contribution in [3.05, 3.63) is 12.4 Å². The van der Waals surface area contributed by atoms with Gasteiger partial charge in [-0.25, -0.2) is 0 Å². The Labute approximate surface area is 89.7 Å². The van der Waals surface area contributed by atoms with Gasteiger partial charge in [-0.1, -0.05) is 5.21 Å². The summed E-state index contributed by atoms with van der Waals surface area (Å²) in [5, 5.41) is 16.7. The predicted molar refractivity (Wildman–Crippen MR) is 56.3 cm³/mol. The van der Waals surface area contributed by atoms with Crippen LogP contribution < -0.4 is 0 Å². The van der Waals surface area contributed by atoms with Gasteiger partial charge in [0.1, 0.15) is 0 Å². The molecule has 1 fully saturated rings. The molecule has 0 amide bonds. The highest BCUT2D eigenvalue weighted by Gasteiger charge is 2.20. The highest BCUT2D eigenvalue weighted by atomic mass is 16.3. The lowest BCUT2D eigenvalue weighted by Gasteiger charge is -2.14. The van der Waals surface area contributed by atoms with Crippen molar-refractivity contribution in [2.24, 2.45) is 5.92 Å². The lowest BCUT2D eigenvalue weighted by atomic mass is 10.1. The van der Waals surface area contributed by atoms with E-state index in [0.717, 1.165) is 39.0 Å². The lowest BCUT2D eigenvalue weighted by Crippen LogP contribution is -2.23. The molecule has 2 heterocycles. The smallest absolute Gasteiger partial charge is 0.0692 e. The number of aliphatic hydroxyl groups is 1. The molecule has 1 saturated heterocycles. The fraction of sp³-hybridized carbons (Fsp3) is 0.800. The van der Waals surface area contributed by atoms with Gasteiger partial charge in [0, 0.05) is 25.9 Å². The summed E-state index contributed by atoms with van der Waals surface area (Å²) >= 11 is 0. The largest absolute Gasteiger partial charge is 0.396 e. The van der Waals surface area contributed by atoms with Crippen molar-refractivity contribution in [3.63, 3.8) is 0 Å². The molecular formula is C10H18N4O. The van der Waals surface area contributed by atoms with E-state index >= 15 is 0 Å². The monoisotopic (exact) mass is 210 g/mol. The summed E-state index contributed by atoms with van der Waals surface area (Å²) in [4.78, 5) is 2.41. The first kappa shape index (κ1) is 10.6. The first-order valence-corrected chi connectivity index (χ1v) is 5.56. The molecule has 5 heteroatoms. The van der Waals surface area contributed by atoms with E-state index in [2.05, 4.69) is 15.2 Å². The van der Waals surface area contributed by atoms with E-state index in [4.69, 9.17) is 5.11 Å². The third kappa shape index (κ3) is 3.00. The van der Waals surface area contributed by atoms with Crippen LogP contribution in [0.1, 0.15) is 12.8 Å². The molecule has 2 rings (SSSR count). The second-order valence-corrected chi connectivity index (χ2v) is 4.16. The Balaban J connectivity index is 1.63. The summed E-state index contributed by atoms with van der Waals surface area (Å²) in [5.74, 6) is 0.497. The van der Waals surface area contributed by atoms with Crippen molar-refractivity contribution in [1.82, 2.24) is 19.9 Å². The number of nitrogens with zero attached hydrogens (tertiary/aromatic N) is 4. The minimum absolute atomic E-state index is 0.333. The van der Waals surface area contributed by atoms with Gasteiger partial charge in [-0.2, -0.15) is 0 Å². The number of aromatic nitrogens is 3. The van der Waals surface area contributed by atoms with Crippen LogP contribution in [0.15, 0.2) is 12.4 Å². The zero-order chi connectivity index (χ0) is 10.5. The summed E-state index contributed by atoms with van der Waals surface area (Å²) in [6, 6.07) is 0. The minimum Gasteiger partial charge on any atom is -0.396 e. The van der Waals surface area contributed by atoms with Crippen LogP contribution in [0.2, 0.25) is 0 Å². The number of aryl methyl sites for hydroxylation is 1. The Bertz CT molecular complexity index is 275. The molecule has 84 valence electrons. The van der Waals surface area contributed by atoms with Crippen molar-refractivity contribution >= 4 is 0 Å². The number of rotatable bonds is 5. The third-order valence-corrected chi connectivity index (χ3v) is 2.96. The van der Waals surface area contributed by atoms with Crippen LogP contribution in [0, 0.1) is 5.92 Å². The summed E-state index contributed by atoms with van der Waals surface area (Å²) in [5.41, 5.74) is 0. The maximum atomic E-state index is 9.01. The molecule has 1 unspecified atom stereocenters. The molecule has 1 aromatic rings. The van der Waals surface area contributed by atoms with Gasteiger partial charge in [-0.3, -0.25) is 4.68 Å². The van der Waals surface area contributed by atoms with Crippen molar-refractivity contribution in [2.75, 3.05) is 26.2 Å². The first-order valence-electron chi connectivity index (χ1n) is 5.56. The molecule has 0 aromatic carbocycles. The van der Waals surface area contributed by atoms with Gasteiger partial charge in [0.25, 0.3) is 0 Å². The van der Waals surface area contributed by atoms with Gasteiger partial charge in [0.15, 0.2) is 0 Å². The fourth-order valence-electron chi connectivity index (χ4n) is 2.07. The number of hydrogen-bond donors (Lipinski definition) is 1. The van der Waals surface area contributed by atoms with Crippen LogP contribution in [-0.4, -0.2) is 51.2 Å². The lowest BCUT2D eigenvalue weighted by molar-refractivity contribution is 0.220. The van der Waals surface area contributed by atoms with Gasteiger partial charge in [-0.05, 0) is 31.8 Å². The molecule has 0 aliphatic carbocycles. The van der Waals surface area contributed by atoms with Crippen LogP contribution in [-0.2, 0) is 6.54 Å². The van der Waals surface area contributed by atoms with Gasteiger partial charge in [0.2, 0.25) is 0 Å². The Morgan fingerprint density at radius 1 is 1.40 bits per heavy atom. The number of likely N-dealkylation sites (tertiary alicyclic amines) is 1. The fourth-order valence-corrected chi connectivity index (χ4v) is 2.07. The highest BCUT2D eigenvalue weighted by molar-refractivity contribution is 4.74. The van der Waals surface area contributed by atoms with Gasteiger partial charge in [-0.15, -0.1) is 5.10 Å². The molecule has 1 aliphatic rings. The average molecular weight is 210 g/mol. The van der Waals surface area contributed by atoms with E-state index in [1.807, 2.05) is 10.9 Å². The third-order valence-electron chi connectivity index (χ3n) is 2.96. The second-order valence-electron chi connectivity index (χ2n) is 4.16. The van der Waals surface area contributed by atoms with Crippen LogP contribution in [0.4, 0.5) is 0 Å². The summed E-state index contributed by atoms with van der Waals surface area (Å²) in [6.07, 6.45) is 5.83. The Morgan fingerprint density at radius 2 is 2.33 bits per heavy atom. The molecule has 0 spiro atoms. The van der Waals surface area contributed by atoms with Gasteiger partial charge < -0.3 is 10.0 Å². The number of aliphatic hydroxyl groups excluding tert-OH is 1. The molecule has 1 N–H and O–H groups in total. The number of hydrogen-bond acceptors (Lipinski definition) is 4. The van der Waals surface area contributed by atoms with E-state index < -0.39 is 0 Å². The summed E-state index contributed by atoms with van der Waals surface area (Å²) in [6.45, 7) is 4.53. The first-order chi connectivity index (χ1) is 7.38. The quantitative estimate of drug-likeness (QED) is 0.742. The Kier molecular flexibility index (Phi) is 3.69.